The highest BCUT2D eigenvalue weighted by Crippen LogP contribution is 2.33. The van der Waals surface area contributed by atoms with Crippen molar-refractivity contribution in [2.24, 2.45) is 5.92 Å². The third kappa shape index (κ3) is 4.92. The van der Waals surface area contributed by atoms with E-state index >= 15 is 0 Å². The average molecular weight is 369 g/mol. The minimum atomic E-state index is -4.07. The smallest absolute Gasteiger partial charge is 0.369 e. The van der Waals surface area contributed by atoms with E-state index in [-0.39, 0.29) is 13.0 Å². The molecule has 2 aliphatic rings. The molecule has 3 nitrogen and oxygen atoms in total. The summed E-state index contributed by atoms with van der Waals surface area (Å²) in [5.74, 6) is -1.18. The minimum absolute atomic E-state index is 0.126. The maximum Gasteiger partial charge on any atom is 0.393 e. The van der Waals surface area contributed by atoms with Gasteiger partial charge in [0.25, 0.3) is 0 Å². The molecule has 1 unspecified atom stereocenters. The summed E-state index contributed by atoms with van der Waals surface area (Å²) in [4.78, 5) is 6.82. The van der Waals surface area contributed by atoms with Gasteiger partial charge in [0.2, 0.25) is 0 Å². The molecule has 3 rings (SSSR count). The summed E-state index contributed by atoms with van der Waals surface area (Å²) in [6.45, 7) is 10.1. The number of hydrogen-bond donors (Lipinski definition) is 0. The molecule has 0 aliphatic carbocycles. The van der Waals surface area contributed by atoms with E-state index in [0.29, 0.717) is 19.0 Å². The van der Waals surface area contributed by atoms with Gasteiger partial charge in [-0.05, 0) is 50.9 Å². The fourth-order valence-electron chi connectivity index (χ4n) is 4.07. The van der Waals surface area contributed by atoms with Crippen LogP contribution in [-0.4, -0.2) is 61.3 Å². The van der Waals surface area contributed by atoms with Crippen molar-refractivity contribution in [3.63, 3.8) is 0 Å². The van der Waals surface area contributed by atoms with Crippen molar-refractivity contribution in [1.29, 1.82) is 0 Å². The lowest BCUT2D eigenvalue weighted by molar-refractivity contribution is -0.187. The van der Waals surface area contributed by atoms with E-state index < -0.39 is 12.1 Å². The molecular formula is C20H30F3N3. The maximum atomic E-state index is 13.0. The molecule has 26 heavy (non-hydrogen) atoms. The third-order valence-electron chi connectivity index (χ3n) is 5.69. The van der Waals surface area contributed by atoms with E-state index in [0.717, 1.165) is 38.3 Å². The van der Waals surface area contributed by atoms with Crippen LogP contribution in [0.4, 0.5) is 18.9 Å². The van der Waals surface area contributed by atoms with E-state index in [4.69, 9.17) is 0 Å². The zero-order chi connectivity index (χ0) is 18.7. The SMILES string of the molecule is CC(C)N1CCN(c2cccc(CN3CCCC(C(F)(F)F)C3)c2)CC1. The van der Waals surface area contributed by atoms with Crippen molar-refractivity contribution in [3.8, 4) is 0 Å². The number of nitrogens with zero attached hydrogens (tertiary/aromatic N) is 3. The van der Waals surface area contributed by atoms with Gasteiger partial charge in [-0.3, -0.25) is 9.80 Å². The molecular weight excluding hydrogens is 339 g/mol. The zero-order valence-electron chi connectivity index (χ0n) is 15.8. The monoisotopic (exact) mass is 369 g/mol. The van der Waals surface area contributed by atoms with Gasteiger partial charge in [-0.2, -0.15) is 13.2 Å². The number of piperazine rings is 1. The quantitative estimate of drug-likeness (QED) is 0.795. The van der Waals surface area contributed by atoms with Crippen molar-refractivity contribution in [1.82, 2.24) is 9.80 Å². The molecule has 0 amide bonds. The third-order valence-corrected chi connectivity index (χ3v) is 5.69. The molecule has 1 aromatic rings. The summed E-state index contributed by atoms with van der Waals surface area (Å²) in [7, 11) is 0. The van der Waals surface area contributed by atoms with Crippen LogP contribution >= 0.6 is 0 Å². The van der Waals surface area contributed by atoms with E-state index in [2.05, 4.69) is 35.8 Å². The maximum absolute atomic E-state index is 13.0. The van der Waals surface area contributed by atoms with E-state index in [1.807, 2.05) is 17.0 Å². The molecule has 6 heteroatoms. The van der Waals surface area contributed by atoms with Gasteiger partial charge in [-0.1, -0.05) is 12.1 Å². The van der Waals surface area contributed by atoms with Gasteiger partial charge < -0.3 is 4.90 Å². The first kappa shape index (κ1) is 19.5. The first-order chi connectivity index (χ1) is 12.3. The highest BCUT2D eigenvalue weighted by Gasteiger charge is 2.41. The summed E-state index contributed by atoms with van der Waals surface area (Å²) in [5, 5.41) is 0. The minimum Gasteiger partial charge on any atom is -0.369 e. The van der Waals surface area contributed by atoms with Crippen LogP contribution in [0.2, 0.25) is 0 Å². The van der Waals surface area contributed by atoms with Gasteiger partial charge in [0.1, 0.15) is 0 Å². The number of rotatable bonds is 4. The number of anilines is 1. The van der Waals surface area contributed by atoms with Gasteiger partial charge >= 0.3 is 6.18 Å². The van der Waals surface area contributed by atoms with Crippen LogP contribution in [-0.2, 0) is 6.54 Å². The lowest BCUT2D eigenvalue weighted by Gasteiger charge is -2.38. The Hall–Kier alpha value is -1.27. The van der Waals surface area contributed by atoms with Crippen molar-refractivity contribution in [2.45, 2.75) is 45.5 Å². The fourth-order valence-corrected chi connectivity index (χ4v) is 4.07. The molecule has 0 bridgehead atoms. The lowest BCUT2D eigenvalue weighted by atomic mass is 9.97. The summed E-state index contributed by atoms with van der Waals surface area (Å²) >= 11 is 0. The number of hydrogen-bond acceptors (Lipinski definition) is 3. The second kappa shape index (κ2) is 8.17. The second-order valence-corrected chi connectivity index (χ2v) is 7.90. The Morgan fingerprint density at radius 3 is 2.46 bits per heavy atom. The lowest BCUT2D eigenvalue weighted by Crippen LogP contribution is -2.48. The Morgan fingerprint density at radius 2 is 1.81 bits per heavy atom. The summed E-state index contributed by atoms with van der Waals surface area (Å²) in [5.41, 5.74) is 2.30. The first-order valence-electron chi connectivity index (χ1n) is 9.70. The number of benzene rings is 1. The second-order valence-electron chi connectivity index (χ2n) is 7.90. The van der Waals surface area contributed by atoms with E-state index in [1.165, 1.54) is 5.69 Å². The molecule has 1 atom stereocenters. The molecule has 0 aromatic heterocycles. The summed E-state index contributed by atoms with van der Waals surface area (Å²) in [6.07, 6.45) is -3.18. The Bertz CT molecular complexity index is 580. The molecule has 0 N–H and O–H groups in total. The Kier molecular flexibility index (Phi) is 6.13. The van der Waals surface area contributed by atoms with Gasteiger partial charge in [-0.15, -0.1) is 0 Å². The fraction of sp³-hybridized carbons (Fsp3) is 0.700. The predicted molar refractivity (Wildman–Crippen MR) is 99.4 cm³/mol. The van der Waals surface area contributed by atoms with Crippen LogP contribution in [0, 0.1) is 5.92 Å². The molecule has 2 heterocycles. The van der Waals surface area contributed by atoms with E-state index in [1.54, 1.807) is 0 Å². The molecule has 0 radical (unpaired) electrons. The van der Waals surface area contributed by atoms with E-state index in [9.17, 15) is 13.2 Å². The van der Waals surface area contributed by atoms with Gasteiger partial charge in [0.15, 0.2) is 0 Å². The number of piperidine rings is 1. The van der Waals surface area contributed by atoms with Crippen LogP contribution < -0.4 is 4.90 Å². The number of halogens is 3. The average Bonchev–Trinajstić information content (AvgIpc) is 2.61. The molecule has 1 aromatic carbocycles. The summed E-state index contributed by atoms with van der Waals surface area (Å²) < 4.78 is 39.0. The normalized spacial score (nSPS) is 23.6. The van der Waals surface area contributed by atoms with Crippen LogP contribution in [0.15, 0.2) is 24.3 Å². The zero-order valence-corrected chi connectivity index (χ0v) is 15.8. The van der Waals surface area contributed by atoms with Gasteiger partial charge in [0.05, 0.1) is 5.92 Å². The van der Waals surface area contributed by atoms with Crippen molar-refractivity contribution < 1.29 is 13.2 Å². The topological polar surface area (TPSA) is 9.72 Å². The van der Waals surface area contributed by atoms with Crippen LogP contribution in [0.1, 0.15) is 32.3 Å². The van der Waals surface area contributed by atoms with Gasteiger partial charge in [0, 0.05) is 51.0 Å². The molecule has 146 valence electrons. The molecule has 2 fully saturated rings. The highest BCUT2D eigenvalue weighted by atomic mass is 19.4. The van der Waals surface area contributed by atoms with Crippen molar-refractivity contribution >= 4 is 5.69 Å². The predicted octanol–water partition coefficient (Wildman–Crippen LogP) is 3.99. The summed E-state index contributed by atoms with van der Waals surface area (Å²) in [6, 6.07) is 8.91. The Morgan fingerprint density at radius 1 is 1.08 bits per heavy atom. The van der Waals surface area contributed by atoms with Gasteiger partial charge in [-0.25, -0.2) is 0 Å². The van der Waals surface area contributed by atoms with Crippen LogP contribution in [0.25, 0.3) is 0 Å². The van der Waals surface area contributed by atoms with Crippen molar-refractivity contribution in [2.75, 3.05) is 44.2 Å². The Labute approximate surface area is 154 Å². The molecule has 2 aliphatic heterocycles. The van der Waals surface area contributed by atoms with Crippen molar-refractivity contribution in [3.05, 3.63) is 29.8 Å². The number of alkyl halides is 3. The molecule has 2 saturated heterocycles. The molecule has 0 spiro atoms. The van der Waals surface area contributed by atoms with Crippen LogP contribution in [0.3, 0.4) is 0 Å². The largest absolute Gasteiger partial charge is 0.393 e. The molecule has 0 saturated carbocycles. The number of likely N-dealkylation sites (tertiary alicyclic amines) is 1. The van der Waals surface area contributed by atoms with Crippen LogP contribution in [0.5, 0.6) is 0 Å². The Balaban J connectivity index is 1.59. The first-order valence-corrected chi connectivity index (χ1v) is 9.70. The highest BCUT2D eigenvalue weighted by molar-refractivity contribution is 5.49. The standard InChI is InChI=1S/C20H30F3N3/c1-16(2)25-9-11-26(12-10-25)19-7-3-5-17(13-19)14-24-8-4-6-18(15-24)20(21,22)23/h3,5,7,13,16,18H,4,6,8-12,14-15H2,1-2H3.